The van der Waals surface area contributed by atoms with Crippen molar-refractivity contribution in [3.05, 3.63) is 35.1 Å². The van der Waals surface area contributed by atoms with E-state index in [2.05, 4.69) is 5.32 Å². The minimum Gasteiger partial charge on any atom is -0.352 e. The first-order valence-corrected chi connectivity index (χ1v) is 5.58. The maximum absolute atomic E-state index is 12.9. The maximum Gasteiger partial charge on any atom is 0.251 e. The smallest absolute Gasteiger partial charge is 0.251 e. The average Bonchev–Trinajstić information content (AvgIpc) is 2.32. The molecule has 1 atom stereocenters. The van der Waals surface area contributed by atoms with Gasteiger partial charge in [0.05, 0.1) is 0 Å². The Balaban J connectivity index is 2.67. The zero-order valence-corrected chi connectivity index (χ0v) is 9.97. The van der Waals surface area contributed by atoms with Crippen LogP contribution in [0.3, 0.4) is 0 Å². The zero-order valence-electron chi connectivity index (χ0n) is 9.97. The Kier molecular flexibility index (Phi) is 5.15. The third-order valence-electron chi connectivity index (χ3n) is 2.52. The lowest BCUT2D eigenvalue weighted by atomic mass is 10.1. The third kappa shape index (κ3) is 3.73. The van der Waals surface area contributed by atoms with Crippen LogP contribution >= 0.6 is 0 Å². The first-order valence-electron chi connectivity index (χ1n) is 5.58. The number of amides is 1. The van der Waals surface area contributed by atoms with Crippen LogP contribution in [-0.4, -0.2) is 19.0 Å². The van der Waals surface area contributed by atoms with E-state index >= 15 is 0 Å². The number of benzene rings is 1. The molecular weight excluding hydrogens is 245 g/mol. The zero-order chi connectivity index (χ0) is 13.7. The van der Waals surface area contributed by atoms with Gasteiger partial charge in [-0.1, -0.05) is 6.92 Å². The van der Waals surface area contributed by atoms with E-state index < -0.39 is 23.4 Å². The van der Waals surface area contributed by atoms with Gasteiger partial charge in [0.1, 0.15) is 0 Å². The summed E-state index contributed by atoms with van der Waals surface area (Å²) in [5.74, 6) is -4.82. The minimum absolute atomic E-state index is 0.161. The first kappa shape index (κ1) is 14.5. The van der Waals surface area contributed by atoms with Crippen molar-refractivity contribution in [2.24, 2.45) is 11.7 Å². The molecule has 0 spiro atoms. The van der Waals surface area contributed by atoms with E-state index in [1.54, 1.807) is 0 Å². The maximum atomic E-state index is 12.9. The summed E-state index contributed by atoms with van der Waals surface area (Å²) in [6.45, 7) is 2.73. The summed E-state index contributed by atoms with van der Waals surface area (Å²) in [5, 5.41) is 2.51. The van der Waals surface area contributed by atoms with Gasteiger partial charge in [0.15, 0.2) is 17.5 Å². The Bertz CT molecular complexity index is 414. The molecule has 0 saturated heterocycles. The lowest BCUT2D eigenvalue weighted by molar-refractivity contribution is 0.0946. The van der Waals surface area contributed by atoms with Crippen LogP contribution in [0.15, 0.2) is 12.1 Å². The second-order valence-electron chi connectivity index (χ2n) is 4.15. The van der Waals surface area contributed by atoms with Crippen molar-refractivity contribution in [3.63, 3.8) is 0 Å². The highest BCUT2D eigenvalue weighted by molar-refractivity contribution is 5.94. The molecule has 3 nitrogen and oxygen atoms in total. The fourth-order valence-corrected chi connectivity index (χ4v) is 1.44. The molecule has 0 bridgehead atoms. The summed E-state index contributed by atoms with van der Waals surface area (Å²) in [6.07, 6.45) is 0.729. The molecule has 0 aliphatic heterocycles. The second-order valence-corrected chi connectivity index (χ2v) is 4.15. The molecule has 1 aromatic carbocycles. The molecule has 18 heavy (non-hydrogen) atoms. The summed E-state index contributed by atoms with van der Waals surface area (Å²) in [5.41, 5.74) is 5.11. The monoisotopic (exact) mass is 260 g/mol. The number of hydrogen-bond acceptors (Lipinski definition) is 2. The molecule has 1 amide bonds. The number of rotatable bonds is 5. The third-order valence-corrected chi connectivity index (χ3v) is 2.52. The highest BCUT2D eigenvalue weighted by Gasteiger charge is 2.15. The molecule has 0 saturated carbocycles. The highest BCUT2D eigenvalue weighted by Crippen LogP contribution is 2.13. The topological polar surface area (TPSA) is 55.1 Å². The molecule has 0 heterocycles. The van der Waals surface area contributed by atoms with Crippen molar-refractivity contribution < 1.29 is 18.0 Å². The minimum atomic E-state index is -1.58. The molecule has 0 radical (unpaired) electrons. The molecule has 0 fully saturated rings. The van der Waals surface area contributed by atoms with Gasteiger partial charge in [-0.25, -0.2) is 13.2 Å². The summed E-state index contributed by atoms with van der Waals surface area (Å²) >= 11 is 0. The molecule has 1 aromatic rings. The van der Waals surface area contributed by atoms with Gasteiger partial charge < -0.3 is 11.1 Å². The van der Waals surface area contributed by atoms with Crippen molar-refractivity contribution in [2.45, 2.75) is 13.3 Å². The van der Waals surface area contributed by atoms with Gasteiger partial charge in [0, 0.05) is 12.1 Å². The van der Waals surface area contributed by atoms with E-state index in [9.17, 15) is 18.0 Å². The van der Waals surface area contributed by atoms with Crippen LogP contribution in [0.2, 0.25) is 0 Å². The average molecular weight is 260 g/mol. The van der Waals surface area contributed by atoms with Crippen LogP contribution in [0.5, 0.6) is 0 Å². The van der Waals surface area contributed by atoms with Crippen LogP contribution in [0, 0.1) is 23.4 Å². The summed E-state index contributed by atoms with van der Waals surface area (Å²) in [6, 6.07) is 1.34. The van der Waals surface area contributed by atoms with Gasteiger partial charge in [0.2, 0.25) is 0 Å². The molecule has 3 N–H and O–H groups in total. The number of nitrogens with two attached hydrogens (primary N) is 1. The number of carbonyl (C=O) groups is 1. The van der Waals surface area contributed by atoms with Crippen molar-refractivity contribution in [1.82, 2.24) is 5.32 Å². The van der Waals surface area contributed by atoms with Gasteiger partial charge in [-0.2, -0.15) is 0 Å². The van der Waals surface area contributed by atoms with Crippen LogP contribution in [0.1, 0.15) is 23.7 Å². The van der Waals surface area contributed by atoms with E-state index in [0.29, 0.717) is 25.2 Å². The summed E-state index contributed by atoms with van der Waals surface area (Å²) in [4.78, 5) is 11.6. The van der Waals surface area contributed by atoms with Crippen molar-refractivity contribution in [1.29, 1.82) is 0 Å². The first-order chi connectivity index (χ1) is 8.45. The van der Waals surface area contributed by atoms with E-state index in [1.807, 2.05) is 6.92 Å². The van der Waals surface area contributed by atoms with Crippen molar-refractivity contribution >= 4 is 5.91 Å². The van der Waals surface area contributed by atoms with Crippen LogP contribution < -0.4 is 11.1 Å². The van der Waals surface area contributed by atoms with Gasteiger partial charge >= 0.3 is 0 Å². The second kappa shape index (κ2) is 6.39. The summed E-state index contributed by atoms with van der Waals surface area (Å²) in [7, 11) is 0. The molecule has 1 rings (SSSR count). The lowest BCUT2D eigenvalue weighted by Gasteiger charge is -2.11. The van der Waals surface area contributed by atoms with Gasteiger partial charge in [-0.05, 0) is 31.0 Å². The van der Waals surface area contributed by atoms with E-state index in [4.69, 9.17) is 5.73 Å². The molecule has 0 aromatic heterocycles. The molecule has 100 valence electrons. The van der Waals surface area contributed by atoms with Crippen LogP contribution in [0.4, 0.5) is 13.2 Å². The fraction of sp³-hybridized carbons (Fsp3) is 0.417. The quantitative estimate of drug-likeness (QED) is 0.793. The van der Waals surface area contributed by atoms with Gasteiger partial charge in [-0.15, -0.1) is 0 Å². The normalized spacial score (nSPS) is 12.3. The van der Waals surface area contributed by atoms with E-state index in [-0.39, 0.29) is 11.5 Å². The Hall–Kier alpha value is -1.56. The molecule has 6 heteroatoms. The Morgan fingerprint density at radius 3 is 2.39 bits per heavy atom. The predicted molar refractivity (Wildman–Crippen MR) is 61.5 cm³/mol. The lowest BCUT2D eigenvalue weighted by Crippen LogP contribution is -2.29. The van der Waals surface area contributed by atoms with Crippen LogP contribution in [-0.2, 0) is 0 Å². The number of hydrogen-bond donors (Lipinski definition) is 2. The summed E-state index contributed by atoms with van der Waals surface area (Å²) < 4.78 is 38.5. The molecule has 0 aliphatic rings. The van der Waals surface area contributed by atoms with Gasteiger partial charge in [-0.3, -0.25) is 4.79 Å². The van der Waals surface area contributed by atoms with Crippen molar-refractivity contribution in [3.8, 4) is 0 Å². The molecule has 1 unspecified atom stereocenters. The van der Waals surface area contributed by atoms with E-state index in [0.717, 1.165) is 6.42 Å². The number of halogens is 3. The fourth-order valence-electron chi connectivity index (χ4n) is 1.44. The highest BCUT2D eigenvalue weighted by atomic mass is 19.2. The molecule has 0 aliphatic carbocycles. The Morgan fingerprint density at radius 2 is 1.89 bits per heavy atom. The van der Waals surface area contributed by atoms with Gasteiger partial charge in [0.25, 0.3) is 5.91 Å². The number of carbonyl (C=O) groups excluding carboxylic acids is 1. The Labute approximate surface area is 103 Å². The SMILES string of the molecule is CC(CCN)CNC(=O)c1cc(F)c(F)c(F)c1. The largest absolute Gasteiger partial charge is 0.352 e. The van der Waals surface area contributed by atoms with Crippen LogP contribution in [0.25, 0.3) is 0 Å². The van der Waals surface area contributed by atoms with Crippen molar-refractivity contribution in [2.75, 3.05) is 13.1 Å². The Morgan fingerprint density at radius 1 is 1.33 bits per heavy atom. The molecular formula is C12H15F3N2O. The van der Waals surface area contributed by atoms with E-state index in [1.165, 1.54) is 0 Å². The predicted octanol–water partition coefficient (Wildman–Crippen LogP) is 1.82. The standard InChI is InChI=1S/C12H15F3N2O/c1-7(2-3-16)6-17-12(18)8-4-9(13)11(15)10(14)5-8/h4-5,7H,2-3,6,16H2,1H3,(H,17,18). The number of nitrogens with one attached hydrogen (secondary N) is 1.